The maximum absolute atomic E-state index is 6.69. The summed E-state index contributed by atoms with van der Waals surface area (Å²) in [6.45, 7) is 0. The fourth-order valence-corrected chi connectivity index (χ4v) is 3.52. The molecule has 0 aromatic heterocycles. The van der Waals surface area contributed by atoms with E-state index in [2.05, 4.69) is 34.1 Å². The molecule has 0 amide bonds. The van der Waals surface area contributed by atoms with Gasteiger partial charge in [0.25, 0.3) is 0 Å². The molecule has 2 aromatic rings. The first-order valence-electron chi connectivity index (χ1n) is 6.78. The third-order valence-corrected chi connectivity index (χ3v) is 4.86. The van der Waals surface area contributed by atoms with Crippen molar-refractivity contribution in [2.75, 3.05) is 7.11 Å². The molecule has 20 heavy (non-hydrogen) atoms. The Morgan fingerprint density at radius 1 is 1.10 bits per heavy atom. The monoisotopic (exact) mass is 350 g/mol. The molecule has 0 saturated carbocycles. The number of aryl methyl sites for hydroxylation is 2. The molecule has 1 unspecified atom stereocenters. The highest BCUT2D eigenvalue weighted by atomic mass is 79.9. The average molecular weight is 352 g/mol. The van der Waals surface area contributed by atoms with Gasteiger partial charge in [-0.15, -0.1) is 11.6 Å². The van der Waals surface area contributed by atoms with Crippen LogP contribution in [0.3, 0.4) is 0 Å². The van der Waals surface area contributed by atoms with Crippen LogP contribution in [0.15, 0.2) is 40.9 Å². The lowest BCUT2D eigenvalue weighted by atomic mass is 9.99. The summed E-state index contributed by atoms with van der Waals surface area (Å²) in [6, 6.07) is 12.6. The van der Waals surface area contributed by atoms with E-state index in [4.69, 9.17) is 16.3 Å². The van der Waals surface area contributed by atoms with Crippen molar-refractivity contribution in [3.8, 4) is 5.75 Å². The van der Waals surface area contributed by atoms with Crippen molar-refractivity contribution >= 4 is 27.5 Å². The lowest BCUT2D eigenvalue weighted by Crippen LogP contribution is -1.99. The Kier molecular flexibility index (Phi) is 4.04. The zero-order valence-electron chi connectivity index (χ0n) is 11.3. The molecule has 1 aliphatic rings. The first-order valence-corrected chi connectivity index (χ1v) is 8.01. The summed E-state index contributed by atoms with van der Waals surface area (Å²) in [5, 5.41) is -0.187. The standard InChI is InChI=1S/C17H16BrClO/c1-20-16-8-7-14(18)10-15(16)17(19)13-6-5-11-3-2-4-12(11)9-13/h5-10,17H,2-4H2,1H3. The van der Waals surface area contributed by atoms with Gasteiger partial charge in [0.2, 0.25) is 0 Å². The van der Waals surface area contributed by atoms with Gasteiger partial charge >= 0.3 is 0 Å². The van der Waals surface area contributed by atoms with Crippen molar-refractivity contribution in [3.63, 3.8) is 0 Å². The Labute approximate surface area is 133 Å². The van der Waals surface area contributed by atoms with E-state index >= 15 is 0 Å². The molecular formula is C17H16BrClO. The molecule has 0 fully saturated rings. The molecule has 0 N–H and O–H groups in total. The fourth-order valence-electron chi connectivity index (χ4n) is 2.83. The SMILES string of the molecule is COc1ccc(Br)cc1C(Cl)c1ccc2c(c1)CCC2. The predicted molar refractivity (Wildman–Crippen MR) is 86.9 cm³/mol. The van der Waals surface area contributed by atoms with Crippen LogP contribution in [0, 0.1) is 0 Å². The van der Waals surface area contributed by atoms with Gasteiger partial charge in [-0.1, -0.05) is 34.1 Å². The van der Waals surface area contributed by atoms with Crippen molar-refractivity contribution in [1.82, 2.24) is 0 Å². The Bertz CT molecular complexity index is 639. The lowest BCUT2D eigenvalue weighted by Gasteiger charge is -2.16. The summed E-state index contributed by atoms with van der Waals surface area (Å²) in [6.07, 6.45) is 3.62. The van der Waals surface area contributed by atoms with E-state index in [1.807, 2.05) is 18.2 Å². The number of alkyl halides is 1. The van der Waals surface area contributed by atoms with E-state index in [0.717, 1.165) is 21.3 Å². The molecule has 104 valence electrons. The molecule has 0 heterocycles. The van der Waals surface area contributed by atoms with E-state index < -0.39 is 0 Å². The zero-order chi connectivity index (χ0) is 14.1. The topological polar surface area (TPSA) is 9.23 Å². The number of methoxy groups -OCH3 is 1. The summed E-state index contributed by atoms with van der Waals surface area (Å²) in [4.78, 5) is 0. The van der Waals surface area contributed by atoms with Crippen LogP contribution >= 0.6 is 27.5 Å². The molecule has 0 aliphatic heterocycles. The minimum absolute atomic E-state index is 0.187. The van der Waals surface area contributed by atoms with E-state index in [1.165, 1.54) is 30.4 Å². The molecule has 0 bridgehead atoms. The largest absolute Gasteiger partial charge is 0.496 e. The molecule has 1 nitrogen and oxygen atoms in total. The van der Waals surface area contributed by atoms with Crippen molar-refractivity contribution in [3.05, 3.63) is 63.1 Å². The molecule has 3 rings (SSSR count). The quantitative estimate of drug-likeness (QED) is 0.684. The molecule has 1 atom stereocenters. The summed E-state index contributed by atoms with van der Waals surface area (Å²) in [7, 11) is 1.68. The Morgan fingerprint density at radius 3 is 2.70 bits per heavy atom. The Balaban J connectivity index is 2.00. The summed E-state index contributed by atoms with van der Waals surface area (Å²) < 4.78 is 6.44. The van der Waals surface area contributed by atoms with E-state index in [1.54, 1.807) is 7.11 Å². The van der Waals surface area contributed by atoms with Crippen LogP contribution in [-0.4, -0.2) is 7.11 Å². The minimum Gasteiger partial charge on any atom is -0.496 e. The highest BCUT2D eigenvalue weighted by molar-refractivity contribution is 9.10. The summed E-state index contributed by atoms with van der Waals surface area (Å²) >= 11 is 10.2. The number of rotatable bonds is 3. The second kappa shape index (κ2) is 5.79. The van der Waals surface area contributed by atoms with Gasteiger partial charge in [0, 0.05) is 10.0 Å². The van der Waals surface area contributed by atoms with Crippen LogP contribution in [0.25, 0.3) is 0 Å². The molecule has 1 aliphatic carbocycles. The molecule has 0 radical (unpaired) electrons. The van der Waals surface area contributed by atoms with Crippen LogP contribution in [-0.2, 0) is 12.8 Å². The van der Waals surface area contributed by atoms with Gasteiger partial charge in [-0.3, -0.25) is 0 Å². The second-order valence-electron chi connectivity index (χ2n) is 5.13. The maximum atomic E-state index is 6.69. The number of hydrogen-bond donors (Lipinski definition) is 0. The van der Waals surface area contributed by atoms with Gasteiger partial charge in [0.05, 0.1) is 12.5 Å². The number of benzene rings is 2. The van der Waals surface area contributed by atoms with E-state index in [0.29, 0.717) is 0 Å². The highest BCUT2D eigenvalue weighted by Crippen LogP contribution is 2.38. The number of hydrogen-bond acceptors (Lipinski definition) is 1. The molecule has 2 aromatic carbocycles. The Morgan fingerprint density at radius 2 is 1.90 bits per heavy atom. The Hall–Kier alpha value is -0.990. The first kappa shape index (κ1) is 14.0. The number of halogens is 2. The van der Waals surface area contributed by atoms with E-state index in [-0.39, 0.29) is 5.38 Å². The zero-order valence-corrected chi connectivity index (χ0v) is 13.7. The van der Waals surface area contributed by atoms with Crippen molar-refractivity contribution in [2.24, 2.45) is 0 Å². The maximum Gasteiger partial charge on any atom is 0.123 e. The number of ether oxygens (including phenoxy) is 1. The van der Waals surface area contributed by atoms with Crippen LogP contribution in [0.1, 0.15) is 34.1 Å². The second-order valence-corrected chi connectivity index (χ2v) is 6.48. The number of fused-ring (bicyclic) bond motifs is 1. The smallest absolute Gasteiger partial charge is 0.123 e. The molecule has 3 heteroatoms. The van der Waals surface area contributed by atoms with Gasteiger partial charge in [-0.05, 0) is 54.2 Å². The van der Waals surface area contributed by atoms with Gasteiger partial charge in [0.15, 0.2) is 0 Å². The van der Waals surface area contributed by atoms with Crippen molar-refractivity contribution in [1.29, 1.82) is 0 Å². The van der Waals surface area contributed by atoms with Crippen molar-refractivity contribution in [2.45, 2.75) is 24.6 Å². The molecule has 0 spiro atoms. The third-order valence-electron chi connectivity index (χ3n) is 3.88. The van der Waals surface area contributed by atoms with Gasteiger partial charge in [0.1, 0.15) is 5.75 Å². The van der Waals surface area contributed by atoms with Crippen LogP contribution in [0.4, 0.5) is 0 Å². The van der Waals surface area contributed by atoms with Crippen LogP contribution < -0.4 is 4.74 Å². The summed E-state index contributed by atoms with van der Waals surface area (Å²) in [5.74, 6) is 0.827. The van der Waals surface area contributed by atoms with Gasteiger partial charge in [-0.2, -0.15) is 0 Å². The van der Waals surface area contributed by atoms with Crippen LogP contribution in [0.2, 0.25) is 0 Å². The minimum atomic E-state index is -0.187. The molecular weight excluding hydrogens is 336 g/mol. The summed E-state index contributed by atoms with van der Waals surface area (Å²) in [5.41, 5.74) is 5.06. The van der Waals surface area contributed by atoms with Crippen molar-refractivity contribution < 1.29 is 4.74 Å². The van der Waals surface area contributed by atoms with Gasteiger partial charge < -0.3 is 4.74 Å². The first-order chi connectivity index (χ1) is 9.69. The van der Waals surface area contributed by atoms with Gasteiger partial charge in [-0.25, -0.2) is 0 Å². The lowest BCUT2D eigenvalue weighted by molar-refractivity contribution is 0.410. The highest BCUT2D eigenvalue weighted by Gasteiger charge is 2.19. The normalized spacial score (nSPS) is 14.9. The van der Waals surface area contributed by atoms with Crippen LogP contribution in [0.5, 0.6) is 5.75 Å². The van der Waals surface area contributed by atoms with E-state index in [9.17, 15) is 0 Å². The average Bonchev–Trinajstić information content (AvgIpc) is 2.93. The third kappa shape index (κ3) is 2.59. The fraction of sp³-hybridized carbons (Fsp3) is 0.294. The predicted octanol–water partition coefficient (Wildman–Crippen LogP) is 5.27. The molecule has 0 saturated heterocycles.